The molecule has 1 aliphatic heterocycles. The fourth-order valence-electron chi connectivity index (χ4n) is 3.15. The highest BCUT2D eigenvalue weighted by Gasteiger charge is 2.46. The van der Waals surface area contributed by atoms with Crippen LogP contribution in [-0.2, 0) is 25.5 Å². The van der Waals surface area contributed by atoms with Crippen molar-refractivity contribution in [1.29, 1.82) is 0 Å². The van der Waals surface area contributed by atoms with E-state index in [9.17, 15) is 14.4 Å². The first-order chi connectivity index (χ1) is 11.0. The van der Waals surface area contributed by atoms with Crippen molar-refractivity contribution < 1.29 is 19.1 Å². The first-order valence-corrected chi connectivity index (χ1v) is 7.78. The number of rotatable bonds is 4. The molecular formula is C18H19NO4. The number of hydrogen-bond donors (Lipinski definition) is 0. The number of benzene rings is 1. The molecule has 1 aliphatic carbocycles. The molecule has 0 fully saturated rings. The van der Waals surface area contributed by atoms with Crippen LogP contribution in [0.25, 0.3) is 0 Å². The van der Waals surface area contributed by atoms with Gasteiger partial charge in [-0.1, -0.05) is 38.1 Å². The van der Waals surface area contributed by atoms with Crippen molar-refractivity contribution in [1.82, 2.24) is 4.90 Å². The molecule has 1 heterocycles. The molecule has 0 radical (unpaired) electrons. The third kappa shape index (κ3) is 2.79. The van der Waals surface area contributed by atoms with Crippen molar-refractivity contribution in [2.75, 3.05) is 6.61 Å². The summed E-state index contributed by atoms with van der Waals surface area (Å²) < 4.78 is 5.37. The molecule has 5 heteroatoms. The Labute approximate surface area is 134 Å². The Morgan fingerprint density at radius 3 is 2.52 bits per heavy atom. The van der Waals surface area contributed by atoms with Gasteiger partial charge in [-0.25, -0.2) is 0 Å². The SMILES string of the molecule is CC(C)COC(=O)[C@H]1Cc2ccccc2[C@H]1N1C(=O)C=CC1=O. The van der Waals surface area contributed by atoms with Crippen molar-refractivity contribution in [3.05, 3.63) is 47.5 Å². The van der Waals surface area contributed by atoms with E-state index in [0.29, 0.717) is 13.0 Å². The third-order valence-corrected chi connectivity index (χ3v) is 4.18. The average molecular weight is 313 g/mol. The van der Waals surface area contributed by atoms with E-state index in [0.717, 1.165) is 11.1 Å². The first kappa shape index (κ1) is 15.5. The van der Waals surface area contributed by atoms with Gasteiger partial charge in [0, 0.05) is 12.2 Å². The number of fused-ring (bicyclic) bond motifs is 1. The van der Waals surface area contributed by atoms with Gasteiger partial charge in [0.05, 0.1) is 18.6 Å². The van der Waals surface area contributed by atoms with Gasteiger partial charge in [0.2, 0.25) is 0 Å². The summed E-state index contributed by atoms with van der Waals surface area (Å²) in [6, 6.07) is 6.96. The van der Waals surface area contributed by atoms with Gasteiger partial charge < -0.3 is 4.74 Å². The second-order valence-corrected chi connectivity index (χ2v) is 6.36. The van der Waals surface area contributed by atoms with Crippen LogP contribution in [0.4, 0.5) is 0 Å². The van der Waals surface area contributed by atoms with Crippen LogP contribution in [0.5, 0.6) is 0 Å². The van der Waals surface area contributed by atoms with Crippen LogP contribution < -0.4 is 0 Å². The molecule has 23 heavy (non-hydrogen) atoms. The Morgan fingerprint density at radius 1 is 1.22 bits per heavy atom. The van der Waals surface area contributed by atoms with E-state index in [-0.39, 0.29) is 23.7 Å². The van der Waals surface area contributed by atoms with Gasteiger partial charge in [-0.2, -0.15) is 0 Å². The fraction of sp³-hybridized carbons (Fsp3) is 0.389. The molecule has 0 N–H and O–H groups in total. The summed E-state index contributed by atoms with van der Waals surface area (Å²) in [6.45, 7) is 4.26. The number of ether oxygens (including phenoxy) is 1. The molecule has 0 saturated carbocycles. The quantitative estimate of drug-likeness (QED) is 0.630. The number of imide groups is 1. The van der Waals surface area contributed by atoms with E-state index in [4.69, 9.17) is 4.74 Å². The van der Waals surface area contributed by atoms with Crippen LogP contribution in [-0.4, -0.2) is 29.3 Å². The lowest BCUT2D eigenvalue weighted by molar-refractivity contribution is -0.154. The first-order valence-electron chi connectivity index (χ1n) is 7.78. The minimum atomic E-state index is -0.583. The molecule has 1 aromatic carbocycles. The highest BCUT2D eigenvalue weighted by molar-refractivity contribution is 6.13. The molecule has 1 aromatic rings. The van der Waals surface area contributed by atoms with Crippen molar-refractivity contribution in [2.45, 2.75) is 26.3 Å². The molecule has 2 aliphatic rings. The lowest BCUT2D eigenvalue weighted by Crippen LogP contribution is -2.39. The van der Waals surface area contributed by atoms with E-state index in [2.05, 4.69) is 0 Å². The summed E-state index contributed by atoms with van der Waals surface area (Å²) in [6.07, 6.45) is 2.98. The Bertz CT molecular complexity index is 674. The van der Waals surface area contributed by atoms with Gasteiger partial charge in [0.1, 0.15) is 0 Å². The Balaban J connectivity index is 1.92. The van der Waals surface area contributed by atoms with Gasteiger partial charge in [-0.05, 0) is 23.5 Å². The Morgan fingerprint density at radius 2 is 1.87 bits per heavy atom. The van der Waals surface area contributed by atoms with Crippen LogP contribution >= 0.6 is 0 Å². The zero-order chi connectivity index (χ0) is 16.6. The second-order valence-electron chi connectivity index (χ2n) is 6.36. The smallest absolute Gasteiger partial charge is 0.311 e. The minimum absolute atomic E-state index is 0.234. The van der Waals surface area contributed by atoms with Gasteiger partial charge in [0.25, 0.3) is 11.8 Å². The van der Waals surface area contributed by atoms with Crippen molar-refractivity contribution in [3.8, 4) is 0 Å². The number of nitrogens with zero attached hydrogens (tertiary/aromatic N) is 1. The lowest BCUT2D eigenvalue weighted by atomic mass is 9.99. The minimum Gasteiger partial charge on any atom is -0.465 e. The van der Waals surface area contributed by atoms with Crippen molar-refractivity contribution >= 4 is 17.8 Å². The van der Waals surface area contributed by atoms with Crippen LogP contribution in [0.15, 0.2) is 36.4 Å². The Kier molecular flexibility index (Phi) is 4.03. The largest absolute Gasteiger partial charge is 0.465 e. The van der Waals surface area contributed by atoms with Crippen LogP contribution in [0.3, 0.4) is 0 Å². The molecule has 0 aromatic heterocycles. The van der Waals surface area contributed by atoms with Gasteiger partial charge in [-0.15, -0.1) is 0 Å². The topological polar surface area (TPSA) is 63.7 Å². The molecule has 3 rings (SSSR count). The molecule has 0 saturated heterocycles. The summed E-state index contributed by atoms with van der Waals surface area (Å²) in [5, 5.41) is 0. The van der Waals surface area contributed by atoms with E-state index >= 15 is 0 Å². The molecule has 0 spiro atoms. The van der Waals surface area contributed by atoms with Gasteiger partial charge >= 0.3 is 5.97 Å². The maximum Gasteiger partial charge on any atom is 0.311 e. The van der Waals surface area contributed by atoms with Gasteiger partial charge in [-0.3, -0.25) is 19.3 Å². The molecule has 5 nitrogen and oxygen atoms in total. The number of amides is 2. The fourth-order valence-corrected chi connectivity index (χ4v) is 3.15. The average Bonchev–Trinajstić information content (AvgIpc) is 3.05. The summed E-state index contributed by atoms with van der Waals surface area (Å²) in [4.78, 5) is 37.8. The van der Waals surface area contributed by atoms with Crippen LogP contribution in [0, 0.1) is 11.8 Å². The number of esters is 1. The lowest BCUT2D eigenvalue weighted by Gasteiger charge is -2.27. The van der Waals surface area contributed by atoms with Gasteiger partial charge in [0.15, 0.2) is 0 Å². The zero-order valence-corrected chi connectivity index (χ0v) is 13.2. The third-order valence-electron chi connectivity index (χ3n) is 4.18. The predicted molar refractivity (Wildman–Crippen MR) is 83.2 cm³/mol. The predicted octanol–water partition coefficient (Wildman–Crippen LogP) is 2.02. The van der Waals surface area contributed by atoms with Crippen LogP contribution in [0.2, 0.25) is 0 Å². The maximum atomic E-state index is 12.5. The highest BCUT2D eigenvalue weighted by Crippen LogP contribution is 2.42. The second kappa shape index (κ2) is 5.99. The standard InChI is InChI=1S/C18H19NO4/c1-11(2)10-23-18(22)14-9-12-5-3-4-6-13(12)17(14)19-15(20)7-8-16(19)21/h3-8,11,14,17H,9-10H2,1-2H3/t14-,17+/m0/s1. The molecule has 120 valence electrons. The monoisotopic (exact) mass is 313 g/mol. The maximum absolute atomic E-state index is 12.5. The molecule has 0 unspecified atom stereocenters. The normalized spacial score (nSPS) is 22.8. The van der Waals surface area contributed by atoms with E-state index in [1.165, 1.54) is 17.1 Å². The summed E-state index contributed by atoms with van der Waals surface area (Å²) in [5.41, 5.74) is 1.83. The summed E-state index contributed by atoms with van der Waals surface area (Å²) in [5.74, 6) is -1.42. The Hall–Kier alpha value is -2.43. The summed E-state index contributed by atoms with van der Waals surface area (Å²) in [7, 11) is 0. The molecule has 0 bridgehead atoms. The van der Waals surface area contributed by atoms with E-state index in [1.807, 2.05) is 38.1 Å². The van der Waals surface area contributed by atoms with Crippen LogP contribution in [0.1, 0.15) is 31.0 Å². The summed E-state index contributed by atoms with van der Waals surface area (Å²) >= 11 is 0. The zero-order valence-electron chi connectivity index (χ0n) is 13.2. The number of carbonyl (C=O) groups excluding carboxylic acids is 3. The molecule has 2 atom stereocenters. The molecular weight excluding hydrogens is 294 g/mol. The van der Waals surface area contributed by atoms with E-state index < -0.39 is 12.0 Å². The van der Waals surface area contributed by atoms with E-state index in [1.54, 1.807) is 0 Å². The van der Waals surface area contributed by atoms with Crippen molar-refractivity contribution in [3.63, 3.8) is 0 Å². The number of carbonyl (C=O) groups is 3. The highest BCUT2D eigenvalue weighted by atomic mass is 16.5. The molecule has 2 amide bonds. The van der Waals surface area contributed by atoms with Crippen molar-refractivity contribution in [2.24, 2.45) is 11.8 Å². The number of hydrogen-bond acceptors (Lipinski definition) is 4.